The average Bonchev–Trinajstić information content (AvgIpc) is 3.05. The van der Waals surface area contributed by atoms with Crippen LogP contribution in [0.25, 0.3) is 0 Å². The minimum absolute atomic E-state index is 0.212. The standard InChI is InChI=1S/C21H35N3O7/c1-6-14(23(5)20(30)31-21(2,3)4)17(26)22-16-12(11-25)7-8-13-9-10-15(19(28)29)24(13)18(16)27/h12-16,25H,6-11H2,1-5H3,(H,22,26)(H,28,29)/t12-,13+,14+,15+,16+/m1/s1. The number of carboxylic acid groups (broad SMARTS) is 1. The Balaban J connectivity index is 2.21. The third kappa shape index (κ3) is 5.66. The number of amides is 3. The van der Waals surface area contributed by atoms with Gasteiger partial charge in [0.1, 0.15) is 23.7 Å². The van der Waals surface area contributed by atoms with Gasteiger partial charge in [-0.1, -0.05) is 6.92 Å². The van der Waals surface area contributed by atoms with E-state index in [9.17, 15) is 29.4 Å². The first kappa shape index (κ1) is 24.9. The maximum atomic E-state index is 13.3. The number of aliphatic hydroxyl groups is 1. The number of carbonyl (C=O) groups excluding carboxylic acids is 3. The molecule has 0 radical (unpaired) electrons. The van der Waals surface area contributed by atoms with Crippen LogP contribution in [0.1, 0.15) is 59.8 Å². The Morgan fingerprint density at radius 2 is 1.84 bits per heavy atom. The number of likely N-dealkylation sites (N-methyl/N-ethyl adjacent to an activating group) is 1. The molecule has 2 rings (SSSR count). The number of aliphatic hydroxyl groups excluding tert-OH is 1. The normalized spacial score (nSPS) is 27.2. The summed E-state index contributed by atoms with van der Waals surface area (Å²) in [5.74, 6) is -2.63. The Labute approximate surface area is 182 Å². The molecule has 3 N–H and O–H groups in total. The molecule has 31 heavy (non-hydrogen) atoms. The lowest BCUT2D eigenvalue weighted by molar-refractivity contribution is -0.151. The summed E-state index contributed by atoms with van der Waals surface area (Å²) in [5.41, 5.74) is -0.726. The van der Waals surface area contributed by atoms with E-state index in [1.165, 1.54) is 16.8 Å². The second kappa shape index (κ2) is 9.84. The molecule has 0 spiro atoms. The first-order valence-corrected chi connectivity index (χ1v) is 10.8. The fourth-order valence-electron chi connectivity index (χ4n) is 4.40. The van der Waals surface area contributed by atoms with Crippen molar-refractivity contribution in [1.29, 1.82) is 0 Å². The lowest BCUT2D eigenvalue weighted by atomic mass is 9.93. The van der Waals surface area contributed by atoms with Crippen LogP contribution in [0.5, 0.6) is 0 Å². The molecule has 2 fully saturated rings. The summed E-state index contributed by atoms with van der Waals surface area (Å²) in [6.07, 6.45) is 1.64. The van der Waals surface area contributed by atoms with E-state index >= 15 is 0 Å². The largest absolute Gasteiger partial charge is 0.480 e. The summed E-state index contributed by atoms with van der Waals surface area (Å²) in [4.78, 5) is 52.9. The molecule has 10 nitrogen and oxygen atoms in total. The molecule has 0 saturated carbocycles. The fraction of sp³-hybridized carbons (Fsp3) is 0.810. The maximum Gasteiger partial charge on any atom is 0.410 e. The number of carbonyl (C=O) groups is 4. The molecule has 2 aliphatic heterocycles. The van der Waals surface area contributed by atoms with Crippen molar-refractivity contribution in [3.05, 3.63) is 0 Å². The van der Waals surface area contributed by atoms with Gasteiger partial charge in [0.05, 0.1) is 0 Å². The zero-order valence-electron chi connectivity index (χ0n) is 19.0. The fourth-order valence-corrected chi connectivity index (χ4v) is 4.40. The van der Waals surface area contributed by atoms with E-state index in [2.05, 4.69) is 5.32 Å². The van der Waals surface area contributed by atoms with Crippen molar-refractivity contribution in [2.75, 3.05) is 13.7 Å². The van der Waals surface area contributed by atoms with Gasteiger partial charge < -0.3 is 25.2 Å². The van der Waals surface area contributed by atoms with Gasteiger partial charge in [0.15, 0.2) is 0 Å². The van der Waals surface area contributed by atoms with Crippen LogP contribution in [0.4, 0.5) is 4.79 Å². The van der Waals surface area contributed by atoms with Gasteiger partial charge in [0.25, 0.3) is 0 Å². The highest BCUT2D eigenvalue weighted by molar-refractivity contribution is 5.93. The molecule has 10 heteroatoms. The molecule has 176 valence electrons. The van der Waals surface area contributed by atoms with Gasteiger partial charge in [-0.2, -0.15) is 0 Å². The quantitative estimate of drug-likeness (QED) is 0.558. The molecular weight excluding hydrogens is 406 g/mol. The summed E-state index contributed by atoms with van der Waals surface area (Å²) >= 11 is 0. The number of ether oxygens (including phenoxy) is 1. The second-order valence-corrected chi connectivity index (χ2v) is 9.35. The van der Waals surface area contributed by atoms with E-state index in [4.69, 9.17) is 4.74 Å². The van der Waals surface area contributed by atoms with Crippen LogP contribution < -0.4 is 5.32 Å². The summed E-state index contributed by atoms with van der Waals surface area (Å²) in [5, 5.41) is 22.1. The molecular formula is C21H35N3O7. The summed E-state index contributed by atoms with van der Waals surface area (Å²) in [6.45, 7) is 6.59. The molecule has 5 atom stereocenters. The van der Waals surface area contributed by atoms with Crippen molar-refractivity contribution in [3.63, 3.8) is 0 Å². The topological polar surface area (TPSA) is 136 Å². The number of rotatable bonds is 6. The molecule has 0 aromatic heterocycles. The SMILES string of the molecule is CC[C@@H](C(=O)N[C@@H]1C(=O)N2[C@@H](CC[C@@H]1CO)CC[C@H]2C(=O)O)N(C)C(=O)OC(C)(C)C. The van der Waals surface area contributed by atoms with Gasteiger partial charge in [0, 0.05) is 25.6 Å². The zero-order valence-corrected chi connectivity index (χ0v) is 19.0. The van der Waals surface area contributed by atoms with Crippen LogP contribution in [0, 0.1) is 5.92 Å². The van der Waals surface area contributed by atoms with Crippen molar-refractivity contribution >= 4 is 23.9 Å². The number of carboxylic acids is 1. The predicted octanol–water partition coefficient (Wildman–Crippen LogP) is 0.963. The van der Waals surface area contributed by atoms with Gasteiger partial charge >= 0.3 is 12.1 Å². The van der Waals surface area contributed by atoms with Gasteiger partial charge in [0.2, 0.25) is 11.8 Å². The van der Waals surface area contributed by atoms with Gasteiger partial charge in [-0.15, -0.1) is 0 Å². The Hall–Kier alpha value is -2.36. The summed E-state index contributed by atoms with van der Waals surface area (Å²) < 4.78 is 5.33. The maximum absolute atomic E-state index is 13.3. The van der Waals surface area contributed by atoms with E-state index in [1.54, 1.807) is 27.7 Å². The smallest absolute Gasteiger partial charge is 0.410 e. The van der Waals surface area contributed by atoms with Crippen LogP contribution in [0.3, 0.4) is 0 Å². The van der Waals surface area contributed by atoms with Crippen molar-refractivity contribution in [1.82, 2.24) is 15.1 Å². The van der Waals surface area contributed by atoms with Crippen molar-refractivity contribution in [3.8, 4) is 0 Å². The van der Waals surface area contributed by atoms with Crippen molar-refractivity contribution < 1.29 is 34.1 Å². The molecule has 0 bridgehead atoms. The lowest BCUT2D eigenvalue weighted by Gasteiger charge is -2.33. The molecule has 0 aromatic carbocycles. The summed E-state index contributed by atoms with van der Waals surface area (Å²) in [7, 11) is 1.46. The first-order valence-electron chi connectivity index (χ1n) is 10.8. The van der Waals surface area contributed by atoms with Crippen LogP contribution in [0.15, 0.2) is 0 Å². The van der Waals surface area contributed by atoms with E-state index in [0.717, 1.165) is 0 Å². The number of nitrogens with one attached hydrogen (secondary N) is 1. The van der Waals surface area contributed by atoms with Crippen LogP contribution in [-0.4, -0.2) is 87.3 Å². The number of hydrogen-bond acceptors (Lipinski definition) is 6. The highest BCUT2D eigenvalue weighted by atomic mass is 16.6. The molecule has 2 heterocycles. The zero-order chi connectivity index (χ0) is 23.5. The number of aliphatic carboxylic acids is 1. The van der Waals surface area contributed by atoms with Gasteiger partial charge in [-0.25, -0.2) is 9.59 Å². The minimum atomic E-state index is -1.07. The predicted molar refractivity (Wildman–Crippen MR) is 111 cm³/mol. The number of nitrogens with zero attached hydrogens (tertiary/aromatic N) is 2. The van der Waals surface area contributed by atoms with Crippen LogP contribution in [0.2, 0.25) is 0 Å². The molecule has 2 aliphatic rings. The van der Waals surface area contributed by atoms with E-state index < -0.39 is 53.5 Å². The van der Waals surface area contributed by atoms with Gasteiger partial charge in [-0.3, -0.25) is 14.5 Å². The lowest BCUT2D eigenvalue weighted by Crippen LogP contribution is -2.58. The molecule has 0 aromatic rings. The van der Waals surface area contributed by atoms with E-state index in [1.807, 2.05) is 0 Å². The molecule has 3 amide bonds. The van der Waals surface area contributed by atoms with Crippen molar-refractivity contribution in [2.24, 2.45) is 5.92 Å². The third-order valence-electron chi connectivity index (χ3n) is 6.02. The van der Waals surface area contributed by atoms with E-state index in [0.29, 0.717) is 25.7 Å². The Morgan fingerprint density at radius 3 is 2.35 bits per heavy atom. The van der Waals surface area contributed by atoms with Crippen LogP contribution in [-0.2, 0) is 19.1 Å². The Kier molecular flexibility index (Phi) is 7.91. The Bertz CT molecular complexity index is 706. The van der Waals surface area contributed by atoms with Gasteiger partial charge in [-0.05, 0) is 52.9 Å². The highest BCUT2D eigenvalue weighted by Crippen LogP contribution is 2.34. The van der Waals surface area contributed by atoms with E-state index in [-0.39, 0.29) is 19.1 Å². The molecule has 2 saturated heterocycles. The number of hydrogen-bond donors (Lipinski definition) is 3. The third-order valence-corrected chi connectivity index (χ3v) is 6.02. The molecule has 0 aliphatic carbocycles. The average molecular weight is 442 g/mol. The summed E-state index contributed by atoms with van der Waals surface area (Å²) in [6, 6.07) is -3.07. The number of fused-ring (bicyclic) bond motifs is 1. The monoisotopic (exact) mass is 441 g/mol. The van der Waals surface area contributed by atoms with Crippen molar-refractivity contribution in [2.45, 2.75) is 89.6 Å². The first-order chi connectivity index (χ1) is 14.4. The Morgan fingerprint density at radius 1 is 1.23 bits per heavy atom. The molecule has 0 unspecified atom stereocenters. The minimum Gasteiger partial charge on any atom is -0.480 e. The second-order valence-electron chi connectivity index (χ2n) is 9.35. The van der Waals surface area contributed by atoms with Crippen LogP contribution >= 0.6 is 0 Å². The highest BCUT2D eigenvalue weighted by Gasteiger charge is 2.48.